The largest absolute Gasteiger partial charge is 0.509 e. The van der Waals surface area contributed by atoms with Crippen LogP contribution in [0.3, 0.4) is 0 Å². The lowest BCUT2D eigenvalue weighted by Gasteiger charge is -2.66. The van der Waals surface area contributed by atoms with Crippen molar-refractivity contribution >= 4 is 34.5 Å². The molecule has 2 bridgehead atoms. The van der Waals surface area contributed by atoms with E-state index in [2.05, 4.69) is 41.5 Å². The van der Waals surface area contributed by atoms with Crippen LogP contribution in [0.4, 0.5) is 4.79 Å². The average Bonchev–Trinajstić information content (AvgIpc) is 3.36. The molecular formula is C35H58O10Si2. The van der Waals surface area contributed by atoms with Crippen LogP contribution in [0.5, 0.6) is 0 Å². The van der Waals surface area contributed by atoms with Crippen molar-refractivity contribution in [1.29, 1.82) is 0 Å². The Bertz CT molecular complexity index is 1290. The molecule has 0 aromatic heterocycles. The minimum absolute atomic E-state index is 0.0161. The molecule has 5 aliphatic rings. The molecule has 47 heavy (non-hydrogen) atoms. The van der Waals surface area contributed by atoms with Gasteiger partial charge >= 0.3 is 12.1 Å². The zero-order valence-electron chi connectivity index (χ0n) is 30.4. The van der Waals surface area contributed by atoms with Crippen molar-refractivity contribution in [2.24, 2.45) is 16.7 Å². The maximum absolute atomic E-state index is 15.6. The molecule has 0 unspecified atom stereocenters. The van der Waals surface area contributed by atoms with Crippen LogP contribution in [0.25, 0.3) is 0 Å². The number of carbonyl (C=O) groups is 3. The summed E-state index contributed by atoms with van der Waals surface area (Å²) in [5, 5.41) is 12.6. The van der Waals surface area contributed by atoms with Crippen LogP contribution in [-0.2, 0) is 37.4 Å². The molecule has 0 amide bonds. The maximum atomic E-state index is 15.6. The first kappa shape index (κ1) is 36.7. The average molecular weight is 695 g/mol. The van der Waals surface area contributed by atoms with E-state index in [0.717, 1.165) is 41.8 Å². The van der Waals surface area contributed by atoms with Crippen molar-refractivity contribution in [2.75, 3.05) is 6.61 Å². The quantitative estimate of drug-likeness (QED) is 0.146. The van der Waals surface area contributed by atoms with Gasteiger partial charge < -0.3 is 32.9 Å². The molecule has 2 saturated heterocycles. The van der Waals surface area contributed by atoms with Crippen LogP contribution in [0, 0.1) is 16.7 Å². The molecule has 266 valence electrons. The number of carbonyl (C=O) groups excluding carboxylic acids is 3. The van der Waals surface area contributed by atoms with E-state index < -0.39 is 87.2 Å². The minimum Gasteiger partial charge on any atom is -0.450 e. The summed E-state index contributed by atoms with van der Waals surface area (Å²) in [7, 11) is -4.55. The lowest BCUT2D eigenvalue weighted by Crippen LogP contribution is -2.81. The summed E-state index contributed by atoms with van der Waals surface area (Å²) in [6, 6.07) is 5.27. The maximum Gasteiger partial charge on any atom is 0.509 e. The van der Waals surface area contributed by atoms with Gasteiger partial charge in [-0.15, -0.1) is 0 Å². The standard InChI is InChI=1S/C35H58O10Si2/c1-12-46(13-2,14-3)44-23-19-35-30(42-31(38)43-35)28-33(11,29(37)27(41-22(8)36)26(21(23)7)32(35,9)10)24(18-25-34(28,39)20-40-25)45-47(15-4,16-5)17-6/h23-25,27-28,30,39H,12-20H2,1-11H3/t23-,24-,25+,27+,28-,30-,33+,34-,35+/m0/s1. The van der Waals surface area contributed by atoms with Crippen LogP contribution in [0.1, 0.15) is 89.0 Å². The van der Waals surface area contributed by atoms with Gasteiger partial charge in [0.2, 0.25) is 0 Å². The lowest BCUT2D eigenvalue weighted by atomic mass is 9.45. The first-order valence-electron chi connectivity index (χ1n) is 18.0. The number of ketones is 1. The Morgan fingerprint density at radius 1 is 0.936 bits per heavy atom. The normalized spacial score (nSPS) is 39.4. The number of esters is 1. The number of Topliss-reactive ketones (excluding diaryl/α,β-unsaturated/α-hetero) is 1. The number of fused-ring (bicyclic) bond motifs is 5. The third kappa shape index (κ3) is 5.08. The molecule has 10 nitrogen and oxygen atoms in total. The highest BCUT2D eigenvalue weighted by atomic mass is 28.4. The Labute approximate surface area is 282 Å². The van der Waals surface area contributed by atoms with E-state index in [9.17, 15) is 14.7 Å². The SMILES string of the molecule is CC[Si](CC)(CC)O[C@H]1C[C@@]23OC(=O)O[C@H]2[C@@H]2[C@]4(O)CO[C@@H]4C[C@H](O[Si](CC)(CC)CC)[C@@]2(C)C(=O)[C@H](OC(C)=O)C(=C1C)C3(C)C. The molecule has 4 fully saturated rings. The van der Waals surface area contributed by atoms with Crippen molar-refractivity contribution in [3.8, 4) is 0 Å². The third-order valence-electron chi connectivity index (χ3n) is 13.7. The highest BCUT2D eigenvalue weighted by Crippen LogP contribution is 2.66. The molecule has 1 spiro atoms. The highest BCUT2D eigenvalue weighted by Gasteiger charge is 2.80. The number of hydrogen-bond acceptors (Lipinski definition) is 10. The molecule has 0 aromatic carbocycles. The van der Waals surface area contributed by atoms with E-state index in [4.69, 9.17) is 27.8 Å². The van der Waals surface area contributed by atoms with Crippen LogP contribution in [-0.4, -0.2) is 88.0 Å². The third-order valence-corrected chi connectivity index (χ3v) is 23.0. The summed E-state index contributed by atoms with van der Waals surface area (Å²) in [6.07, 6.45) is -4.35. The fourth-order valence-corrected chi connectivity index (χ4v) is 15.9. The van der Waals surface area contributed by atoms with Crippen molar-refractivity contribution in [3.63, 3.8) is 0 Å². The monoisotopic (exact) mass is 694 g/mol. The summed E-state index contributed by atoms with van der Waals surface area (Å²) in [4.78, 5) is 42.1. The molecular weight excluding hydrogens is 637 g/mol. The molecule has 3 aliphatic carbocycles. The molecule has 2 heterocycles. The topological polar surface area (TPSA) is 127 Å². The summed E-state index contributed by atoms with van der Waals surface area (Å²) >= 11 is 0. The Morgan fingerprint density at radius 2 is 1.49 bits per heavy atom. The van der Waals surface area contributed by atoms with Crippen LogP contribution in [0.15, 0.2) is 11.1 Å². The van der Waals surface area contributed by atoms with Gasteiger partial charge in [-0.2, -0.15) is 0 Å². The van der Waals surface area contributed by atoms with E-state index in [0.29, 0.717) is 18.4 Å². The Kier molecular flexibility index (Phi) is 9.63. The summed E-state index contributed by atoms with van der Waals surface area (Å²) < 4.78 is 39.1. The Balaban J connectivity index is 1.82. The summed E-state index contributed by atoms with van der Waals surface area (Å²) in [5.41, 5.74) is -3.87. The first-order valence-corrected chi connectivity index (χ1v) is 23.0. The molecule has 0 radical (unpaired) electrons. The Morgan fingerprint density at radius 3 is 1.98 bits per heavy atom. The second-order valence-electron chi connectivity index (χ2n) is 15.5. The summed E-state index contributed by atoms with van der Waals surface area (Å²) in [5.74, 6) is -1.89. The smallest absolute Gasteiger partial charge is 0.450 e. The van der Waals surface area contributed by atoms with Crippen LogP contribution in [0.2, 0.25) is 36.3 Å². The van der Waals surface area contributed by atoms with Gasteiger partial charge in [0.05, 0.1) is 30.3 Å². The second kappa shape index (κ2) is 12.3. The fourth-order valence-electron chi connectivity index (χ4n) is 10.1. The molecule has 2 aliphatic heterocycles. The molecule has 2 saturated carbocycles. The van der Waals surface area contributed by atoms with E-state index in [-0.39, 0.29) is 12.4 Å². The molecule has 12 heteroatoms. The molecule has 9 atom stereocenters. The molecule has 1 N–H and O–H groups in total. The van der Waals surface area contributed by atoms with E-state index in [1.807, 2.05) is 27.7 Å². The Hall–Kier alpha value is -1.58. The number of hydrogen-bond donors (Lipinski definition) is 1. The van der Waals surface area contributed by atoms with E-state index >= 15 is 4.79 Å². The summed E-state index contributed by atoms with van der Waals surface area (Å²) in [6.45, 7) is 21.8. The zero-order chi connectivity index (χ0) is 35.0. The minimum atomic E-state index is -2.33. The lowest BCUT2D eigenvalue weighted by molar-refractivity contribution is -0.332. The van der Waals surface area contributed by atoms with Crippen molar-refractivity contribution in [1.82, 2.24) is 0 Å². The van der Waals surface area contributed by atoms with Gasteiger partial charge in [-0.3, -0.25) is 9.59 Å². The first-order chi connectivity index (χ1) is 21.9. The van der Waals surface area contributed by atoms with Gasteiger partial charge in [0.1, 0.15) is 5.60 Å². The van der Waals surface area contributed by atoms with E-state index in [1.165, 1.54) is 6.92 Å². The van der Waals surface area contributed by atoms with Crippen LogP contribution >= 0.6 is 0 Å². The molecule has 0 aromatic rings. The second-order valence-corrected chi connectivity index (χ2v) is 25.0. The van der Waals surface area contributed by atoms with Gasteiger partial charge in [-0.25, -0.2) is 4.79 Å². The number of rotatable bonds is 11. The van der Waals surface area contributed by atoms with E-state index in [1.54, 1.807) is 0 Å². The van der Waals surface area contributed by atoms with Gasteiger partial charge in [0, 0.05) is 31.1 Å². The highest BCUT2D eigenvalue weighted by molar-refractivity contribution is 6.74. The zero-order valence-corrected chi connectivity index (χ0v) is 32.4. The van der Waals surface area contributed by atoms with Crippen LogP contribution < -0.4 is 0 Å². The van der Waals surface area contributed by atoms with Gasteiger partial charge in [0.25, 0.3) is 0 Å². The van der Waals surface area contributed by atoms with Gasteiger partial charge in [-0.1, -0.05) is 55.4 Å². The predicted molar refractivity (Wildman–Crippen MR) is 181 cm³/mol. The fraction of sp³-hybridized carbons (Fsp3) is 0.857. The van der Waals surface area contributed by atoms with Crippen molar-refractivity contribution in [2.45, 2.75) is 167 Å². The van der Waals surface area contributed by atoms with Gasteiger partial charge in [-0.05, 0) is 61.3 Å². The van der Waals surface area contributed by atoms with Gasteiger partial charge in [0.15, 0.2) is 40.2 Å². The van der Waals surface area contributed by atoms with Crippen molar-refractivity contribution < 1.29 is 47.3 Å². The molecule has 5 rings (SSSR count). The number of ether oxygens (including phenoxy) is 4. The predicted octanol–water partition coefficient (Wildman–Crippen LogP) is 6.46. The number of aliphatic hydroxyl groups is 1. The van der Waals surface area contributed by atoms with Crippen molar-refractivity contribution in [3.05, 3.63) is 11.1 Å².